The number of aromatic amines is 1. The second-order valence-corrected chi connectivity index (χ2v) is 4.82. The van der Waals surface area contributed by atoms with E-state index in [4.69, 9.17) is 9.84 Å². The van der Waals surface area contributed by atoms with Crippen molar-refractivity contribution < 1.29 is 14.2 Å². The number of nitrogens with one attached hydrogen (secondary N) is 1. The van der Waals surface area contributed by atoms with Gasteiger partial charge < -0.3 is 9.84 Å². The van der Waals surface area contributed by atoms with Crippen molar-refractivity contribution in [1.29, 1.82) is 0 Å². The van der Waals surface area contributed by atoms with E-state index in [2.05, 4.69) is 4.98 Å². The Bertz CT molecular complexity index is 567. The minimum absolute atomic E-state index is 0.00121. The van der Waals surface area contributed by atoms with Gasteiger partial charge in [0.25, 0.3) is 5.56 Å². The van der Waals surface area contributed by atoms with Gasteiger partial charge in [0.05, 0.1) is 12.2 Å². The molecule has 3 unspecified atom stereocenters. The van der Waals surface area contributed by atoms with E-state index in [1.807, 2.05) is 0 Å². The highest BCUT2D eigenvalue weighted by atomic mass is 19.1. The Morgan fingerprint density at radius 1 is 1.67 bits per heavy atom. The molecule has 3 atom stereocenters. The van der Waals surface area contributed by atoms with E-state index in [-0.39, 0.29) is 13.0 Å². The second-order valence-electron chi connectivity index (χ2n) is 4.82. The van der Waals surface area contributed by atoms with Crippen LogP contribution in [0.4, 0.5) is 4.39 Å². The fourth-order valence-electron chi connectivity index (χ4n) is 2.03. The Balaban J connectivity index is 2.42. The van der Waals surface area contributed by atoms with Gasteiger partial charge in [-0.25, -0.2) is 9.18 Å². The number of nitrogens with zero attached hydrogens (tertiary/aromatic N) is 1. The molecule has 0 bridgehead atoms. The molecule has 18 heavy (non-hydrogen) atoms. The molecule has 1 aromatic rings. The van der Waals surface area contributed by atoms with Crippen LogP contribution >= 0.6 is 0 Å². The summed E-state index contributed by atoms with van der Waals surface area (Å²) in [6.45, 7) is 2.76. The lowest BCUT2D eigenvalue weighted by Gasteiger charge is -2.22. The molecule has 0 aliphatic carbocycles. The molecule has 1 saturated heterocycles. The van der Waals surface area contributed by atoms with Crippen LogP contribution in [0.3, 0.4) is 0 Å². The summed E-state index contributed by atoms with van der Waals surface area (Å²) in [4.78, 5) is 24.9. The van der Waals surface area contributed by atoms with Crippen LogP contribution in [0.25, 0.3) is 0 Å². The largest absolute Gasteiger partial charge is 0.393 e. The van der Waals surface area contributed by atoms with Crippen molar-refractivity contribution in [1.82, 2.24) is 9.55 Å². The first-order valence-corrected chi connectivity index (χ1v) is 5.61. The van der Waals surface area contributed by atoms with Gasteiger partial charge in [-0.2, -0.15) is 0 Å². The SMILES string of the molecule is Cc1cn(C2OC(C)(CO)CC2F)c(=O)[nH]c1=O. The topological polar surface area (TPSA) is 84.3 Å². The number of aryl methyl sites for hydroxylation is 1. The van der Waals surface area contributed by atoms with E-state index < -0.39 is 29.2 Å². The second kappa shape index (κ2) is 4.33. The van der Waals surface area contributed by atoms with Gasteiger partial charge in [0.15, 0.2) is 6.23 Å². The molecular formula is C11H15FN2O4. The first kappa shape index (κ1) is 13.0. The van der Waals surface area contributed by atoms with Gasteiger partial charge in [0.2, 0.25) is 0 Å². The van der Waals surface area contributed by atoms with Crippen LogP contribution in [0.2, 0.25) is 0 Å². The molecule has 7 heteroatoms. The third kappa shape index (κ3) is 2.11. The summed E-state index contributed by atoms with van der Waals surface area (Å²) in [6, 6.07) is 0. The number of hydrogen-bond acceptors (Lipinski definition) is 4. The van der Waals surface area contributed by atoms with Crippen molar-refractivity contribution in [2.24, 2.45) is 0 Å². The molecule has 1 aliphatic heterocycles. The van der Waals surface area contributed by atoms with Gasteiger partial charge in [-0.1, -0.05) is 0 Å². The van der Waals surface area contributed by atoms with E-state index in [0.717, 1.165) is 4.57 Å². The molecule has 6 nitrogen and oxygen atoms in total. The van der Waals surface area contributed by atoms with E-state index in [9.17, 15) is 14.0 Å². The molecule has 0 saturated carbocycles. The van der Waals surface area contributed by atoms with Crippen LogP contribution in [0.15, 0.2) is 15.8 Å². The van der Waals surface area contributed by atoms with Crippen LogP contribution in [0, 0.1) is 6.92 Å². The highest BCUT2D eigenvalue weighted by molar-refractivity contribution is 5.03. The Morgan fingerprint density at radius 3 is 2.89 bits per heavy atom. The summed E-state index contributed by atoms with van der Waals surface area (Å²) < 4.78 is 20.3. The average Bonchev–Trinajstić information content (AvgIpc) is 2.60. The molecular weight excluding hydrogens is 243 g/mol. The van der Waals surface area contributed by atoms with Crippen LogP contribution in [-0.4, -0.2) is 33.0 Å². The number of alkyl halides is 1. The minimum atomic E-state index is -1.41. The quantitative estimate of drug-likeness (QED) is 0.773. The normalized spacial score (nSPS) is 31.8. The van der Waals surface area contributed by atoms with Crippen molar-refractivity contribution in [3.8, 4) is 0 Å². The van der Waals surface area contributed by atoms with E-state index >= 15 is 0 Å². The molecule has 0 spiro atoms. The van der Waals surface area contributed by atoms with E-state index in [0.29, 0.717) is 5.56 Å². The summed E-state index contributed by atoms with van der Waals surface area (Å²) in [5, 5.41) is 9.14. The number of hydrogen-bond donors (Lipinski definition) is 2. The number of aliphatic hydroxyl groups excluding tert-OH is 1. The van der Waals surface area contributed by atoms with Crippen molar-refractivity contribution in [3.63, 3.8) is 0 Å². The summed E-state index contributed by atoms with van der Waals surface area (Å²) in [6.07, 6.45) is -1.27. The summed E-state index contributed by atoms with van der Waals surface area (Å²) in [5.41, 5.74) is -1.94. The van der Waals surface area contributed by atoms with Crippen molar-refractivity contribution in [2.75, 3.05) is 6.61 Å². The smallest absolute Gasteiger partial charge is 0.330 e. The molecule has 2 N–H and O–H groups in total. The lowest BCUT2D eigenvalue weighted by Crippen LogP contribution is -2.36. The third-order valence-corrected chi connectivity index (χ3v) is 3.10. The van der Waals surface area contributed by atoms with Crippen LogP contribution < -0.4 is 11.2 Å². The van der Waals surface area contributed by atoms with Gasteiger partial charge >= 0.3 is 5.69 Å². The standard InChI is InChI=1S/C11H15FN2O4/c1-6-4-14(10(17)13-8(6)16)9-7(12)3-11(2,5-15)18-9/h4,7,9,15H,3,5H2,1-2H3,(H,13,16,17). The molecule has 0 radical (unpaired) electrons. The van der Waals surface area contributed by atoms with Gasteiger partial charge in [-0.05, 0) is 13.8 Å². The highest BCUT2D eigenvalue weighted by Crippen LogP contribution is 2.37. The third-order valence-electron chi connectivity index (χ3n) is 3.10. The van der Waals surface area contributed by atoms with Gasteiger partial charge in [-0.3, -0.25) is 14.3 Å². The van der Waals surface area contributed by atoms with Crippen LogP contribution in [0.1, 0.15) is 25.1 Å². The average molecular weight is 258 g/mol. The molecule has 100 valence electrons. The molecule has 1 fully saturated rings. The van der Waals surface area contributed by atoms with E-state index in [1.54, 1.807) is 6.92 Å². The Morgan fingerprint density at radius 2 is 2.33 bits per heavy atom. The van der Waals surface area contributed by atoms with Gasteiger partial charge in [0.1, 0.15) is 6.17 Å². The maximum Gasteiger partial charge on any atom is 0.330 e. The number of halogens is 1. The zero-order chi connectivity index (χ0) is 13.5. The summed E-state index contributed by atoms with van der Waals surface area (Å²) in [5.74, 6) is 0. The molecule has 2 rings (SSSR count). The predicted molar refractivity (Wildman–Crippen MR) is 61.2 cm³/mol. The fourth-order valence-corrected chi connectivity index (χ4v) is 2.03. The maximum absolute atomic E-state index is 13.9. The van der Waals surface area contributed by atoms with Gasteiger partial charge in [-0.15, -0.1) is 0 Å². The van der Waals surface area contributed by atoms with Crippen molar-refractivity contribution in [3.05, 3.63) is 32.6 Å². The Labute approximate surface area is 102 Å². The Hall–Kier alpha value is -1.47. The highest BCUT2D eigenvalue weighted by Gasteiger charge is 2.44. The molecule has 2 heterocycles. The molecule has 0 aromatic carbocycles. The van der Waals surface area contributed by atoms with Crippen LogP contribution in [0.5, 0.6) is 0 Å². The zero-order valence-corrected chi connectivity index (χ0v) is 10.1. The first-order valence-electron chi connectivity index (χ1n) is 5.61. The number of aliphatic hydroxyl groups is 1. The summed E-state index contributed by atoms with van der Waals surface area (Å²) in [7, 11) is 0. The lowest BCUT2D eigenvalue weighted by molar-refractivity contribution is -0.0953. The first-order chi connectivity index (χ1) is 8.36. The monoisotopic (exact) mass is 258 g/mol. The Kier molecular flexibility index (Phi) is 3.12. The number of aromatic nitrogens is 2. The maximum atomic E-state index is 13.9. The van der Waals surface area contributed by atoms with Gasteiger partial charge in [0, 0.05) is 18.2 Å². The number of ether oxygens (including phenoxy) is 1. The minimum Gasteiger partial charge on any atom is -0.393 e. The number of H-pyrrole nitrogens is 1. The lowest BCUT2D eigenvalue weighted by atomic mass is 10.0. The molecule has 1 aliphatic rings. The van der Waals surface area contributed by atoms with E-state index in [1.165, 1.54) is 13.1 Å². The zero-order valence-electron chi connectivity index (χ0n) is 10.1. The fraction of sp³-hybridized carbons (Fsp3) is 0.636. The predicted octanol–water partition coefficient (Wildman–Crippen LogP) is -0.147. The van der Waals surface area contributed by atoms with Crippen molar-refractivity contribution in [2.45, 2.75) is 38.3 Å². The molecule has 0 amide bonds. The van der Waals surface area contributed by atoms with Crippen LogP contribution in [-0.2, 0) is 4.74 Å². The molecule has 1 aromatic heterocycles. The van der Waals surface area contributed by atoms with Crippen molar-refractivity contribution >= 4 is 0 Å². The summed E-state index contributed by atoms with van der Waals surface area (Å²) >= 11 is 0. The number of rotatable bonds is 2.